The number of hydrogen-bond donors (Lipinski definition) is 0. The van der Waals surface area contributed by atoms with Crippen molar-refractivity contribution in [2.75, 3.05) is 0 Å². The Morgan fingerprint density at radius 1 is 1.00 bits per heavy atom. The second-order valence-corrected chi connectivity index (χ2v) is 2.96. The summed E-state index contributed by atoms with van der Waals surface area (Å²) in [7, 11) is 0. The summed E-state index contributed by atoms with van der Waals surface area (Å²) in [6, 6.07) is 1.24. The van der Waals surface area contributed by atoms with E-state index in [0.29, 0.717) is 17.8 Å². The SMILES string of the molecule is Fc1cc(C2=C[N-]2)cc(F)c1C(F)(F)F.[NH2-].[W+2]. The van der Waals surface area contributed by atoms with Crippen molar-refractivity contribution < 1.29 is 43.0 Å². The average molecular weight is 420 g/mol. The summed E-state index contributed by atoms with van der Waals surface area (Å²) in [6.45, 7) is 0. The van der Waals surface area contributed by atoms with Crippen molar-refractivity contribution in [1.29, 1.82) is 0 Å². The van der Waals surface area contributed by atoms with Gasteiger partial charge in [-0.1, -0.05) is 0 Å². The van der Waals surface area contributed by atoms with Crippen LogP contribution in [0.3, 0.4) is 0 Å². The molecule has 0 unspecified atom stereocenters. The van der Waals surface area contributed by atoms with Crippen molar-refractivity contribution >= 4 is 5.70 Å². The van der Waals surface area contributed by atoms with Gasteiger partial charge in [0.15, 0.2) is 0 Å². The molecule has 0 amide bonds. The second kappa shape index (κ2) is 5.14. The Hall–Kier alpha value is -0.942. The van der Waals surface area contributed by atoms with Crippen LogP contribution in [-0.2, 0) is 27.2 Å². The van der Waals surface area contributed by atoms with Gasteiger partial charge in [-0.2, -0.15) is 25.1 Å². The maximum Gasteiger partial charge on any atom is 2.00 e. The molecule has 0 atom stereocenters. The van der Waals surface area contributed by atoms with E-state index in [4.69, 9.17) is 0 Å². The van der Waals surface area contributed by atoms with Gasteiger partial charge in [0.1, 0.15) is 17.2 Å². The normalized spacial score (nSPS) is 12.9. The van der Waals surface area contributed by atoms with Crippen LogP contribution in [-0.4, -0.2) is 0 Å². The number of nitrogens with zero attached hydrogens (tertiary/aromatic N) is 1. The molecular formula is C9H5F5N2W. The van der Waals surface area contributed by atoms with E-state index >= 15 is 0 Å². The van der Waals surface area contributed by atoms with Crippen LogP contribution in [0, 0.1) is 11.6 Å². The van der Waals surface area contributed by atoms with Crippen molar-refractivity contribution in [3.63, 3.8) is 0 Å². The molecule has 2 rings (SSSR count). The van der Waals surface area contributed by atoms with Crippen molar-refractivity contribution in [1.82, 2.24) is 0 Å². The van der Waals surface area contributed by atoms with Crippen LogP contribution in [0.2, 0.25) is 0 Å². The fourth-order valence-corrected chi connectivity index (χ4v) is 1.17. The molecule has 1 aromatic rings. The fourth-order valence-electron chi connectivity index (χ4n) is 1.17. The number of rotatable bonds is 1. The van der Waals surface area contributed by atoms with Crippen LogP contribution in [0.5, 0.6) is 0 Å². The topological polar surface area (TPSA) is 47.6 Å². The number of benzene rings is 1. The Labute approximate surface area is 108 Å². The van der Waals surface area contributed by atoms with E-state index in [1.807, 2.05) is 0 Å². The predicted octanol–water partition coefficient (Wildman–Crippen LogP) is 4.38. The first-order valence-corrected chi connectivity index (χ1v) is 3.87. The summed E-state index contributed by atoms with van der Waals surface area (Å²) < 4.78 is 62.4. The van der Waals surface area contributed by atoms with Gasteiger partial charge in [-0.3, -0.25) is 0 Å². The Morgan fingerprint density at radius 3 is 1.71 bits per heavy atom. The van der Waals surface area contributed by atoms with Gasteiger partial charge in [0, 0.05) is 0 Å². The monoisotopic (exact) mass is 420 g/mol. The maximum atomic E-state index is 13.0. The molecule has 2 nitrogen and oxygen atoms in total. The summed E-state index contributed by atoms with van der Waals surface area (Å²) in [5.74, 6) is -3.25. The molecule has 8 heteroatoms. The van der Waals surface area contributed by atoms with E-state index in [1.54, 1.807) is 0 Å². The zero-order chi connectivity index (χ0) is 11.2. The van der Waals surface area contributed by atoms with Gasteiger partial charge in [0.25, 0.3) is 0 Å². The molecule has 0 radical (unpaired) electrons. The maximum absolute atomic E-state index is 13.0. The zero-order valence-electron chi connectivity index (χ0n) is 8.05. The number of nitrogens with two attached hydrogens (primary N) is 1. The molecule has 1 aliphatic rings. The standard InChI is InChI=1S/C9H3F5N.H2N.W/c10-5-1-4(7-3-15-7)2-6(11)8(5)9(12,13)14;;/h1-3H;1H2;/q2*-1;+2. The Balaban J connectivity index is 0.00000128. The van der Waals surface area contributed by atoms with Gasteiger partial charge in [0.2, 0.25) is 0 Å². The van der Waals surface area contributed by atoms with Gasteiger partial charge >= 0.3 is 27.2 Å². The summed E-state index contributed by atoms with van der Waals surface area (Å²) in [5, 5.41) is 3.52. The minimum Gasteiger partial charge on any atom is -0.693 e. The summed E-state index contributed by atoms with van der Waals surface area (Å²) >= 11 is 0. The largest absolute Gasteiger partial charge is 2.00 e. The van der Waals surface area contributed by atoms with E-state index in [-0.39, 0.29) is 32.8 Å². The average Bonchev–Trinajstić information content (AvgIpc) is 2.80. The van der Waals surface area contributed by atoms with Gasteiger partial charge in [0.05, 0.1) is 0 Å². The Bertz CT molecular complexity index is 432. The van der Waals surface area contributed by atoms with Gasteiger partial charge in [-0.05, 0) is 17.7 Å². The smallest absolute Gasteiger partial charge is 0.693 e. The molecule has 0 spiro atoms. The van der Waals surface area contributed by atoms with Crippen LogP contribution in [0.25, 0.3) is 17.2 Å². The van der Waals surface area contributed by atoms with Crippen molar-refractivity contribution in [3.05, 3.63) is 52.6 Å². The summed E-state index contributed by atoms with van der Waals surface area (Å²) in [6.07, 6.45) is -3.72. The first-order chi connectivity index (χ1) is 6.89. The molecule has 0 aromatic heterocycles. The molecule has 92 valence electrons. The fraction of sp³-hybridized carbons (Fsp3) is 0.111. The van der Waals surface area contributed by atoms with Gasteiger partial charge < -0.3 is 11.5 Å². The quantitative estimate of drug-likeness (QED) is 0.606. The molecule has 1 aliphatic heterocycles. The first-order valence-electron chi connectivity index (χ1n) is 3.87. The number of halogens is 5. The van der Waals surface area contributed by atoms with E-state index in [1.165, 1.54) is 6.20 Å². The molecule has 2 N–H and O–H groups in total. The van der Waals surface area contributed by atoms with Crippen molar-refractivity contribution in [3.8, 4) is 0 Å². The molecule has 1 aromatic carbocycles. The van der Waals surface area contributed by atoms with E-state index < -0.39 is 23.4 Å². The third kappa shape index (κ3) is 3.26. The van der Waals surface area contributed by atoms with E-state index in [2.05, 4.69) is 5.32 Å². The van der Waals surface area contributed by atoms with Crippen LogP contribution in [0.4, 0.5) is 22.0 Å². The molecule has 0 fully saturated rings. The zero-order valence-corrected chi connectivity index (χ0v) is 11.0. The molecule has 0 aliphatic carbocycles. The first kappa shape index (κ1) is 16.1. The van der Waals surface area contributed by atoms with Crippen LogP contribution < -0.4 is 0 Å². The third-order valence-electron chi connectivity index (χ3n) is 1.88. The Morgan fingerprint density at radius 2 is 1.41 bits per heavy atom. The van der Waals surface area contributed by atoms with Gasteiger partial charge in [-0.15, -0.1) is 0 Å². The minimum atomic E-state index is -5.03. The summed E-state index contributed by atoms with van der Waals surface area (Å²) in [5.41, 5.74) is -1.56. The molecule has 17 heavy (non-hydrogen) atoms. The van der Waals surface area contributed by atoms with Crippen LogP contribution in [0.15, 0.2) is 18.3 Å². The van der Waals surface area contributed by atoms with Crippen molar-refractivity contribution in [2.24, 2.45) is 0 Å². The van der Waals surface area contributed by atoms with Crippen LogP contribution >= 0.6 is 0 Å². The number of alkyl halides is 3. The minimum absolute atomic E-state index is 0. The predicted molar refractivity (Wildman–Crippen MR) is 48.0 cm³/mol. The molecular weight excluding hydrogens is 415 g/mol. The van der Waals surface area contributed by atoms with Gasteiger partial charge in [-0.25, -0.2) is 8.78 Å². The van der Waals surface area contributed by atoms with Crippen LogP contribution in [0.1, 0.15) is 11.1 Å². The third-order valence-corrected chi connectivity index (χ3v) is 1.88. The van der Waals surface area contributed by atoms with Crippen molar-refractivity contribution in [2.45, 2.75) is 6.18 Å². The molecule has 0 saturated carbocycles. The Kier molecular flexibility index (Phi) is 4.86. The summed E-state index contributed by atoms with van der Waals surface area (Å²) in [4.78, 5) is 0. The molecule has 0 bridgehead atoms. The molecule has 1 heterocycles. The van der Waals surface area contributed by atoms with E-state index in [0.717, 1.165) is 0 Å². The second-order valence-electron chi connectivity index (χ2n) is 2.96. The van der Waals surface area contributed by atoms with E-state index in [9.17, 15) is 22.0 Å². The number of hydrogen-bond acceptors (Lipinski definition) is 0. The molecule has 0 saturated heterocycles.